The number of aromatic nitrogens is 2. The molecule has 2 N–H and O–H groups in total. The van der Waals surface area contributed by atoms with Crippen LogP contribution in [0.4, 0.5) is 5.95 Å². The summed E-state index contributed by atoms with van der Waals surface area (Å²) in [5.74, 6) is 1.63. The van der Waals surface area contributed by atoms with E-state index in [1.165, 1.54) is 14.2 Å². The SMILES string of the molecule is COc1cc(OC)nc(NCCC(=O)NCC(C)C)n1. The number of nitrogens with one attached hydrogen (secondary N) is 2. The zero-order valence-electron chi connectivity index (χ0n) is 12.4. The molecule has 1 amide bonds. The fourth-order valence-electron chi connectivity index (χ4n) is 1.39. The van der Waals surface area contributed by atoms with Crippen LogP contribution in [0, 0.1) is 5.92 Å². The first kappa shape index (κ1) is 16.0. The smallest absolute Gasteiger partial charge is 0.229 e. The number of anilines is 1. The zero-order chi connectivity index (χ0) is 15.0. The molecule has 7 nitrogen and oxygen atoms in total. The van der Waals surface area contributed by atoms with E-state index in [0.29, 0.717) is 43.1 Å². The maximum Gasteiger partial charge on any atom is 0.229 e. The molecule has 0 unspecified atom stereocenters. The molecule has 0 aliphatic heterocycles. The molecule has 0 spiro atoms. The highest BCUT2D eigenvalue weighted by Crippen LogP contribution is 2.16. The number of hydrogen-bond donors (Lipinski definition) is 2. The van der Waals surface area contributed by atoms with Gasteiger partial charge in [-0.1, -0.05) is 13.8 Å². The van der Waals surface area contributed by atoms with Gasteiger partial charge in [-0.05, 0) is 5.92 Å². The summed E-state index contributed by atoms with van der Waals surface area (Å²) in [5, 5.41) is 5.81. The number of carbonyl (C=O) groups excluding carboxylic acids is 1. The number of methoxy groups -OCH3 is 2. The van der Waals surface area contributed by atoms with Gasteiger partial charge in [-0.25, -0.2) is 0 Å². The molecule has 0 aliphatic rings. The molecule has 0 bridgehead atoms. The number of ether oxygens (including phenoxy) is 2. The maximum atomic E-state index is 11.5. The number of carbonyl (C=O) groups is 1. The fourth-order valence-corrected chi connectivity index (χ4v) is 1.39. The Morgan fingerprint density at radius 1 is 1.25 bits per heavy atom. The summed E-state index contributed by atoms with van der Waals surface area (Å²) in [5.41, 5.74) is 0. The monoisotopic (exact) mass is 282 g/mol. The van der Waals surface area contributed by atoms with Crippen LogP contribution in [-0.2, 0) is 4.79 Å². The lowest BCUT2D eigenvalue weighted by molar-refractivity contribution is -0.120. The second-order valence-electron chi connectivity index (χ2n) is 4.65. The fraction of sp³-hybridized carbons (Fsp3) is 0.615. The van der Waals surface area contributed by atoms with Crippen LogP contribution >= 0.6 is 0 Å². The minimum atomic E-state index is 0.000983. The quantitative estimate of drug-likeness (QED) is 0.742. The van der Waals surface area contributed by atoms with Gasteiger partial charge >= 0.3 is 0 Å². The Balaban J connectivity index is 2.43. The normalized spacial score (nSPS) is 10.2. The second-order valence-corrected chi connectivity index (χ2v) is 4.65. The van der Waals surface area contributed by atoms with Crippen LogP contribution in [0.1, 0.15) is 20.3 Å². The summed E-state index contributed by atoms with van der Waals surface area (Å²) >= 11 is 0. The van der Waals surface area contributed by atoms with Gasteiger partial charge in [-0.2, -0.15) is 9.97 Å². The van der Waals surface area contributed by atoms with Crippen LogP contribution in [-0.4, -0.2) is 43.2 Å². The molecule has 0 saturated heterocycles. The Hall–Kier alpha value is -2.05. The van der Waals surface area contributed by atoms with Crippen molar-refractivity contribution in [2.45, 2.75) is 20.3 Å². The first-order valence-corrected chi connectivity index (χ1v) is 6.52. The Bertz CT molecular complexity index is 415. The van der Waals surface area contributed by atoms with E-state index in [1.807, 2.05) is 0 Å². The molecule has 0 aromatic carbocycles. The molecule has 1 aromatic heterocycles. The Morgan fingerprint density at radius 2 is 1.85 bits per heavy atom. The minimum Gasteiger partial charge on any atom is -0.481 e. The van der Waals surface area contributed by atoms with Crippen molar-refractivity contribution < 1.29 is 14.3 Å². The third-order valence-electron chi connectivity index (χ3n) is 2.44. The molecule has 112 valence electrons. The third-order valence-corrected chi connectivity index (χ3v) is 2.44. The molecular weight excluding hydrogens is 260 g/mol. The lowest BCUT2D eigenvalue weighted by Gasteiger charge is -2.09. The summed E-state index contributed by atoms with van der Waals surface area (Å²) in [4.78, 5) is 19.8. The molecule has 7 heteroatoms. The average molecular weight is 282 g/mol. The highest BCUT2D eigenvalue weighted by atomic mass is 16.5. The summed E-state index contributed by atoms with van der Waals surface area (Å²) in [6.07, 6.45) is 0.357. The summed E-state index contributed by atoms with van der Waals surface area (Å²) in [6.45, 7) is 5.23. The van der Waals surface area contributed by atoms with Gasteiger partial charge in [0.25, 0.3) is 0 Å². The molecule has 1 aromatic rings. The number of hydrogen-bond acceptors (Lipinski definition) is 6. The van der Waals surface area contributed by atoms with Crippen molar-refractivity contribution in [1.29, 1.82) is 0 Å². The molecule has 0 radical (unpaired) electrons. The van der Waals surface area contributed by atoms with E-state index >= 15 is 0 Å². The van der Waals surface area contributed by atoms with E-state index in [0.717, 1.165) is 0 Å². The van der Waals surface area contributed by atoms with E-state index in [9.17, 15) is 4.79 Å². The van der Waals surface area contributed by atoms with Crippen LogP contribution in [0.25, 0.3) is 0 Å². The predicted molar refractivity (Wildman–Crippen MR) is 76.1 cm³/mol. The van der Waals surface area contributed by atoms with Crippen molar-refractivity contribution in [3.8, 4) is 11.8 Å². The van der Waals surface area contributed by atoms with Crippen molar-refractivity contribution in [2.24, 2.45) is 5.92 Å². The summed E-state index contributed by atoms with van der Waals surface area (Å²) in [6, 6.07) is 1.58. The molecule has 1 heterocycles. The number of nitrogens with zero attached hydrogens (tertiary/aromatic N) is 2. The summed E-state index contributed by atoms with van der Waals surface area (Å²) < 4.78 is 10.1. The minimum absolute atomic E-state index is 0.000983. The molecule has 0 aliphatic carbocycles. The lowest BCUT2D eigenvalue weighted by Crippen LogP contribution is -2.28. The highest BCUT2D eigenvalue weighted by molar-refractivity contribution is 5.76. The van der Waals surface area contributed by atoms with Crippen LogP contribution in [0.15, 0.2) is 6.07 Å². The summed E-state index contributed by atoms with van der Waals surface area (Å²) in [7, 11) is 3.04. The van der Waals surface area contributed by atoms with Crippen molar-refractivity contribution in [2.75, 3.05) is 32.6 Å². The molecular formula is C13H22N4O3. The van der Waals surface area contributed by atoms with Gasteiger partial charge in [0, 0.05) is 19.5 Å². The molecule has 0 saturated carbocycles. The average Bonchev–Trinajstić information content (AvgIpc) is 2.44. The largest absolute Gasteiger partial charge is 0.481 e. The first-order valence-electron chi connectivity index (χ1n) is 6.52. The van der Waals surface area contributed by atoms with Crippen LogP contribution in [0.3, 0.4) is 0 Å². The van der Waals surface area contributed by atoms with Gasteiger partial charge < -0.3 is 20.1 Å². The van der Waals surface area contributed by atoms with E-state index in [1.54, 1.807) is 6.07 Å². The first-order chi connectivity index (χ1) is 9.55. The number of amides is 1. The van der Waals surface area contributed by atoms with E-state index in [4.69, 9.17) is 9.47 Å². The molecule has 1 rings (SSSR count). The zero-order valence-corrected chi connectivity index (χ0v) is 12.4. The Kier molecular flexibility index (Phi) is 6.55. The maximum absolute atomic E-state index is 11.5. The molecule has 0 atom stereocenters. The van der Waals surface area contributed by atoms with E-state index in [-0.39, 0.29) is 5.91 Å². The van der Waals surface area contributed by atoms with Gasteiger partial charge in [0.05, 0.1) is 20.3 Å². The van der Waals surface area contributed by atoms with Gasteiger partial charge in [-0.15, -0.1) is 0 Å². The predicted octanol–water partition coefficient (Wildman–Crippen LogP) is 1.07. The van der Waals surface area contributed by atoms with Crippen LogP contribution in [0.2, 0.25) is 0 Å². The van der Waals surface area contributed by atoms with Gasteiger partial charge in [0.15, 0.2) is 0 Å². The highest BCUT2D eigenvalue weighted by Gasteiger charge is 2.06. The van der Waals surface area contributed by atoms with Crippen molar-refractivity contribution in [3.05, 3.63) is 6.07 Å². The van der Waals surface area contributed by atoms with Gasteiger partial charge in [0.1, 0.15) is 0 Å². The van der Waals surface area contributed by atoms with Crippen LogP contribution in [0.5, 0.6) is 11.8 Å². The third kappa shape index (κ3) is 5.73. The Morgan fingerprint density at radius 3 is 2.35 bits per heavy atom. The molecule has 20 heavy (non-hydrogen) atoms. The standard InChI is InChI=1S/C13H22N4O3/c1-9(2)8-15-10(18)5-6-14-13-16-11(19-3)7-12(17-13)20-4/h7,9H,5-6,8H2,1-4H3,(H,15,18)(H,14,16,17). The molecule has 0 fully saturated rings. The van der Waals surface area contributed by atoms with Gasteiger partial charge in [-0.3, -0.25) is 4.79 Å². The van der Waals surface area contributed by atoms with Crippen molar-refractivity contribution in [1.82, 2.24) is 15.3 Å². The van der Waals surface area contributed by atoms with Gasteiger partial charge in [0.2, 0.25) is 23.6 Å². The lowest BCUT2D eigenvalue weighted by atomic mass is 10.2. The van der Waals surface area contributed by atoms with E-state index < -0.39 is 0 Å². The second kappa shape index (κ2) is 8.19. The number of rotatable bonds is 8. The Labute approximate surface area is 119 Å². The topological polar surface area (TPSA) is 85.4 Å². The van der Waals surface area contributed by atoms with Crippen LogP contribution < -0.4 is 20.1 Å². The van der Waals surface area contributed by atoms with Crippen molar-refractivity contribution in [3.63, 3.8) is 0 Å². The van der Waals surface area contributed by atoms with Crippen molar-refractivity contribution >= 4 is 11.9 Å². The van der Waals surface area contributed by atoms with E-state index in [2.05, 4.69) is 34.4 Å².